The van der Waals surface area contributed by atoms with Crippen molar-refractivity contribution in [2.24, 2.45) is 5.92 Å². The van der Waals surface area contributed by atoms with Gasteiger partial charge >= 0.3 is 6.03 Å². The van der Waals surface area contributed by atoms with Crippen molar-refractivity contribution in [2.45, 2.75) is 19.0 Å². The zero-order valence-corrected chi connectivity index (χ0v) is 12.9. The molecule has 1 aliphatic rings. The van der Waals surface area contributed by atoms with Crippen LogP contribution in [-0.4, -0.2) is 48.3 Å². The Morgan fingerprint density at radius 1 is 1.41 bits per heavy atom. The number of carbonyl (C=O) groups is 1. The minimum absolute atomic E-state index is 0.0349. The van der Waals surface area contributed by atoms with Crippen molar-refractivity contribution in [1.29, 1.82) is 0 Å². The number of nitrogens with zero attached hydrogens (tertiary/aromatic N) is 1. The van der Waals surface area contributed by atoms with Gasteiger partial charge in [-0.15, -0.1) is 6.58 Å². The van der Waals surface area contributed by atoms with Gasteiger partial charge in [-0.3, -0.25) is 4.90 Å². The van der Waals surface area contributed by atoms with Crippen LogP contribution in [0.25, 0.3) is 0 Å². The van der Waals surface area contributed by atoms with E-state index in [4.69, 9.17) is 0 Å². The molecule has 0 bridgehead atoms. The maximum atomic E-state index is 11.8. The second-order valence-electron chi connectivity index (χ2n) is 5.70. The van der Waals surface area contributed by atoms with Gasteiger partial charge < -0.3 is 15.7 Å². The third kappa shape index (κ3) is 4.86. The number of carbonyl (C=O) groups excluding carboxylic acids is 1. The van der Waals surface area contributed by atoms with Crippen molar-refractivity contribution in [2.75, 3.05) is 26.2 Å². The molecule has 1 aromatic rings. The van der Waals surface area contributed by atoms with Crippen molar-refractivity contribution >= 4 is 6.03 Å². The van der Waals surface area contributed by atoms with E-state index >= 15 is 0 Å². The summed E-state index contributed by atoms with van der Waals surface area (Å²) < 4.78 is 0. The fraction of sp³-hybridized carbons (Fsp3) is 0.471. The van der Waals surface area contributed by atoms with E-state index in [9.17, 15) is 9.90 Å². The van der Waals surface area contributed by atoms with Gasteiger partial charge in [0, 0.05) is 38.2 Å². The van der Waals surface area contributed by atoms with Crippen LogP contribution in [0.2, 0.25) is 0 Å². The second-order valence-corrected chi connectivity index (χ2v) is 5.70. The monoisotopic (exact) mass is 303 g/mol. The van der Waals surface area contributed by atoms with Crippen molar-refractivity contribution in [3.05, 3.63) is 48.6 Å². The molecule has 2 amide bonds. The lowest BCUT2D eigenvalue weighted by atomic mass is 9.92. The number of aliphatic hydroxyl groups is 1. The fourth-order valence-corrected chi connectivity index (χ4v) is 2.82. The predicted molar refractivity (Wildman–Crippen MR) is 87.4 cm³/mol. The highest BCUT2D eigenvalue weighted by Gasteiger charge is 2.29. The molecule has 1 saturated heterocycles. The molecule has 0 saturated carbocycles. The Kier molecular flexibility index (Phi) is 6.43. The lowest BCUT2D eigenvalue weighted by molar-refractivity contribution is 0.0948. The standard InChI is InChI=1S/C17H25N3O2/c1-2-9-18-17(22)19-16-12-20(10-8-15(16)13-21)11-14-6-4-3-5-7-14/h2-7,15-16,21H,1,8-13H2,(H2,18,19,22). The Balaban J connectivity index is 1.91. The number of likely N-dealkylation sites (tertiary alicyclic amines) is 1. The molecule has 5 heteroatoms. The number of hydrogen-bond acceptors (Lipinski definition) is 3. The van der Waals surface area contributed by atoms with Crippen LogP contribution >= 0.6 is 0 Å². The first kappa shape index (κ1) is 16.5. The summed E-state index contributed by atoms with van der Waals surface area (Å²) >= 11 is 0. The quantitative estimate of drug-likeness (QED) is 0.695. The van der Waals surface area contributed by atoms with Crippen LogP contribution < -0.4 is 10.6 Å². The van der Waals surface area contributed by atoms with Crippen LogP contribution in [0.1, 0.15) is 12.0 Å². The summed E-state index contributed by atoms with van der Waals surface area (Å²) in [4.78, 5) is 14.1. The van der Waals surface area contributed by atoms with Gasteiger partial charge in [-0.2, -0.15) is 0 Å². The zero-order valence-electron chi connectivity index (χ0n) is 12.9. The number of aliphatic hydroxyl groups excluding tert-OH is 1. The molecule has 0 aliphatic carbocycles. The molecule has 0 aromatic heterocycles. The Bertz CT molecular complexity index is 478. The molecular weight excluding hydrogens is 278 g/mol. The summed E-state index contributed by atoms with van der Waals surface area (Å²) in [5, 5.41) is 15.2. The minimum atomic E-state index is -0.204. The Morgan fingerprint density at radius 2 is 2.18 bits per heavy atom. The molecule has 120 valence electrons. The molecule has 0 radical (unpaired) electrons. The number of amides is 2. The summed E-state index contributed by atoms with van der Waals surface area (Å²) in [5.74, 6) is 0.113. The molecular formula is C17H25N3O2. The van der Waals surface area contributed by atoms with Gasteiger partial charge in [0.15, 0.2) is 0 Å². The molecule has 22 heavy (non-hydrogen) atoms. The average Bonchev–Trinajstić information content (AvgIpc) is 2.54. The van der Waals surface area contributed by atoms with Gasteiger partial charge in [0.25, 0.3) is 0 Å². The Morgan fingerprint density at radius 3 is 2.86 bits per heavy atom. The molecule has 1 aliphatic heterocycles. The molecule has 2 rings (SSSR count). The van der Waals surface area contributed by atoms with Gasteiger partial charge in [0.1, 0.15) is 0 Å². The number of piperidine rings is 1. The fourth-order valence-electron chi connectivity index (χ4n) is 2.82. The first-order valence-electron chi connectivity index (χ1n) is 7.75. The zero-order chi connectivity index (χ0) is 15.8. The number of urea groups is 1. The van der Waals surface area contributed by atoms with Crippen LogP contribution in [0.15, 0.2) is 43.0 Å². The normalized spacial score (nSPS) is 22.0. The van der Waals surface area contributed by atoms with Crippen LogP contribution in [0.5, 0.6) is 0 Å². The van der Waals surface area contributed by atoms with E-state index in [0.29, 0.717) is 6.54 Å². The van der Waals surface area contributed by atoms with Crippen molar-refractivity contribution < 1.29 is 9.90 Å². The van der Waals surface area contributed by atoms with Crippen molar-refractivity contribution in [3.63, 3.8) is 0 Å². The highest BCUT2D eigenvalue weighted by molar-refractivity contribution is 5.74. The summed E-state index contributed by atoms with van der Waals surface area (Å²) in [7, 11) is 0. The molecule has 1 fully saturated rings. The smallest absolute Gasteiger partial charge is 0.315 e. The number of hydrogen-bond donors (Lipinski definition) is 3. The average molecular weight is 303 g/mol. The van der Waals surface area contributed by atoms with E-state index in [1.54, 1.807) is 6.08 Å². The van der Waals surface area contributed by atoms with Crippen molar-refractivity contribution in [1.82, 2.24) is 15.5 Å². The van der Waals surface area contributed by atoms with E-state index in [0.717, 1.165) is 26.1 Å². The molecule has 2 unspecified atom stereocenters. The largest absolute Gasteiger partial charge is 0.396 e. The van der Waals surface area contributed by atoms with Gasteiger partial charge in [0.2, 0.25) is 0 Å². The maximum absolute atomic E-state index is 11.8. The van der Waals surface area contributed by atoms with E-state index in [1.807, 2.05) is 18.2 Å². The van der Waals surface area contributed by atoms with Crippen molar-refractivity contribution in [3.8, 4) is 0 Å². The highest BCUT2D eigenvalue weighted by atomic mass is 16.3. The summed E-state index contributed by atoms with van der Waals surface area (Å²) in [5.41, 5.74) is 1.26. The van der Waals surface area contributed by atoms with Crippen LogP contribution in [0.4, 0.5) is 4.79 Å². The van der Waals surface area contributed by atoms with Gasteiger partial charge in [-0.05, 0) is 18.5 Å². The molecule has 2 atom stereocenters. The SMILES string of the molecule is C=CCNC(=O)NC1CN(Cc2ccccc2)CCC1CO. The number of rotatable bonds is 6. The summed E-state index contributed by atoms with van der Waals surface area (Å²) in [6, 6.07) is 10.1. The molecule has 1 heterocycles. The van der Waals surface area contributed by atoms with Crippen LogP contribution in [-0.2, 0) is 6.54 Å². The number of benzene rings is 1. The first-order valence-corrected chi connectivity index (χ1v) is 7.75. The molecule has 5 nitrogen and oxygen atoms in total. The lowest BCUT2D eigenvalue weighted by Gasteiger charge is -2.38. The lowest BCUT2D eigenvalue weighted by Crippen LogP contribution is -2.55. The Labute approximate surface area is 132 Å². The van der Waals surface area contributed by atoms with E-state index < -0.39 is 0 Å². The Hall–Kier alpha value is -1.85. The van der Waals surface area contributed by atoms with Gasteiger partial charge in [-0.25, -0.2) is 4.79 Å². The van der Waals surface area contributed by atoms with Crippen LogP contribution in [0, 0.1) is 5.92 Å². The first-order chi connectivity index (χ1) is 10.7. The van der Waals surface area contributed by atoms with E-state index in [-0.39, 0.29) is 24.6 Å². The van der Waals surface area contributed by atoms with Gasteiger partial charge in [0.05, 0.1) is 0 Å². The van der Waals surface area contributed by atoms with E-state index in [2.05, 4.69) is 34.2 Å². The topological polar surface area (TPSA) is 64.6 Å². The second kappa shape index (κ2) is 8.56. The minimum Gasteiger partial charge on any atom is -0.396 e. The number of nitrogens with one attached hydrogen (secondary N) is 2. The molecule has 1 aromatic carbocycles. The third-order valence-electron chi connectivity index (χ3n) is 4.05. The highest BCUT2D eigenvalue weighted by Crippen LogP contribution is 2.19. The third-order valence-corrected chi connectivity index (χ3v) is 4.05. The molecule has 3 N–H and O–H groups in total. The van der Waals surface area contributed by atoms with E-state index in [1.165, 1.54) is 5.56 Å². The van der Waals surface area contributed by atoms with Crippen LogP contribution in [0.3, 0.4) is 0 Å². The van der Waals surface area contributed by atoms with Gasteiger partial charge in [-0.1, -0.05) is 36.4 Å². The predicted octanol–water partition coefficient (Wildman–Crippen LogP) is 1.35. The summed E-state index contributed by atoms with van der Waals surface area (Å²) in [6.45, 7) is 6.68. The summed E-state index contributed by atoms with van der Waals surface area (Å²) in [6.07, 6.45) is 2.53. The maximum Gasteiger partial charge on any atom is 0.315 e. The molecule has 0 spiro atoms.